The molecule has 2 heterocycles. The third kappa shape index (κ3) is 3.20. The molecule has 1 amide bonds. The molecule has 5 nitrogen and oxygen atoms in total. The lowest BCUT2D eigenvalue weighted by Crippen LogP contribution is -2.22. The zero-order valence-electron chi connectivity index (χ0n) is 17.2. The van der Waals surface area contributed by atoms with E-state index >= 15 is 0 Å². The first-order valence-corrected chi connectivity index (χ1v) is 10.7. The van der Waals surface area contributed by atoms with Gasteiger partial charge in [-0.2, -0.15) is 0 Å². The van der Waals surface area contributed by atoms with Gasteiger partial charge in [-0.1, -0.05) is 18.2 Å². The Morgan fingerprint density at radius 2 is 1.97 bits per heavy atom. The average Bonchev–Trinajstić information content (AvgIpc) is 3.10. The number of nitrogens with one attached hydrogen (secondary N) is 1. The van der Waals surface area contributed by atoms with E-state index in [1.165, 1.54) is 35.0 Å². The maximum absolute atomic E-state index is 12.9. The van der Waals surface area contributed by atoms with E-state index in [2.05, 4.69) is 33.9 Å². The Hall–Kier alpha value is -3.34. The quantitative estimate of drug-likeness (QED) is 0.528. The minimum atomic E-state index is -0.0481. The SMILES string of the molecule is CCn1c2c(c3ccc(C(=O)NCc4ccc5cnc(N)cc5c4)cc31)CCCC2. The molecule has 0 radical (unpaired) electrons. The summed E-state index contributed by atoms with van der Waals surface area (Å²) >= 11 is 0. The van der Waals surface area contributed by atoms with Crippen LogP contribution in [-0.2, 0) is 25.9 Å². The van der Waals surface area contributed by atoms with Crippen molar-refractivity contribution in [2.24, 2.45) is 0 Å². The van der Waals surface area contributed by atoms with E-state index in [0.29, 0.717) is 17.9 Å². The highest BCUT2D eigenvalue weighted by Gasteiger charge is 2.20. The summed E-state index contributed by atoms with van der Waals surface area (Å²) in [6, 6.07) is 14.1. The summed E-state index contributed by atoms with van der Waals surface area (Å²) in [7, 11) is 0. The number of pyridine rings is 1. The minimum Gasteiger partial charge on any atom is -0.384 e. The molecule has 0 atom stereocenters. The van der Waals surface area contributed by atoms with E-state index in [1.54, 1.807) is 6.20 Å². The summed E-state index contributed by atoms with van der Waals surface area (Å²) in [5.41, 5.74) is 11.7. The van der Waals surface area contributed by atoms with Crippen LogP contribution in [0.2, 0.25) is 0 Å². The predicted molar refractivity (Wildman–Crippen MR) is 122 cm³/mol. The highest BCUT2D eigenvalue weighted by atomic mass is 16.1. The summed E-state index contributed by atoms with van der Waals surface area (Å²) < 4.78 is 2.39. The van der Waals surface area contributed by atoms with Gasteiger partial charge in [-0.05, 0) is 73.4 Å². The van der Waals surface area contributed by atoms with Crippen LogP contribution in [0.25, 0.3) is 21.7 Å². The van der Waals surface area contributed by atoms with Crippen molar-refractivity contribution in [2.75, 3.05) is 5.73 Å². The molecule has 0 saturated carbocycles. The fourth-order valence-electron chi connectivity index (χ4n) is 4.74. The number of nitrogens with zero attached hydrogens (tertiary/aromatic N) is 2. The number of amides is 1. The van der Waals surface area contributed by atoms with E-state index in [9.17, 15) is 4.79 Å². The Morgan fingerprint density at radius 3 is 2.83 bits per heavy atom. The molecule has 1 aliphatic rings. The summed E-state index contributed by atoms with van der Waals surface area (Å²) in [4.78, 5) is 17.0. The van der Waals surface area contributed by atoms with Gasteiger partial charge < -0.3 is 15.6 Å². The zero-order valence-corrected chi connectivity index (χ0v) is 17.2. The first kappa shape index (κ1) is 18.7. The van der Waals surface area contributed by atoms with Gasteiger partial charge in [0.2, 0.25) is 0 Å². The van der Waals surface area contributed by atoms with Crippen molar-refractivity contribution < 1.29 is 4.79 Å². The Morgan fingerprint density at radius 1 is 1.10 bits per heavy atom. The third-order valence-corrected chi connectivity index (χ3v) is 6.22. The number of fused-ring (bicyclic) bond motifs is 4. The monoisotopic (exact) mass is 398 g/mol. The van der Waals surface area contributed by atoms with E-state index in [1.807, 2.05) is 30.3 Å². The van der Waals surface area contributed by atoms with Crippen LogP contribution in [0.15, 0.2) is 48.7 Å². The Bertz CT molecular complexity index is 1270. The predicted octanol–water partition coefficient (Wildman–Crippen LogP) is 4.60. The van der Waals surface area contributed by atoms with Crippen molar-refractivity contribution in [3.05, 3.63) is 71.0 Å². The number of carbonyl (C=O) groups is 1. The van der Waals surface area contributed by atoms with Crippen LogP contribution >= 0.6 is 0 Å². The number of hydrogen-bond acceptors (Lipinski definition) is 3. The van der Waals surface area contributed by atoms with Crippen LogP contribution in [0.4, 0.5) is 5.82 Å². The number of benzene rings is 2. The molecule has 0 aliphatic heterocycles. The Balaban J connectivity index is 1.39. The molecule has 5 rings (SSSR count). The van der Waals surface area contributed by atoms with Crippen molar-refractivity contribution in [1.82, 2.24) is 14.9 Å². The highest BCUT2D eigenvalue weighted by Crippen LogP contribution is 2.32. The summed E-state index contributed by atoms with van der Waals surface area (Å²) in [6.45, 7) is 3.59. The van der Waals surface area contributed by atoms with Crippen molar-refractivity contribution in [3.63, 3.8) is 0 Å². The molecular weight excluding hydrogens is 372 g/mol. The van der Waals surface area contributed by atoms with Crippen LogP contribution < -0.4 is 11.1 Å². The second-order valence-electron chi connectivity index (χ2n) is 8.08. The van der Waals surface area contributed by atoms with Crippen LogP contribution in [0.1, 0.15) is 46.9 Å². The molecule has 2 aromatic heterocycles. The molecule has 2 aromatic carbocycles. The lowest BCUT2D eigenvalue weighted by molar-refractivity contribution is 0.0951. The number of aryl methyl sites for hydroxylation is 2. The molecule has 0 fully saturated rings. The molecule has 4 aromatic rings. The highest BCUT2D eigenvalue weighted by molar-refractivity contribution is 5.99. The van der Waals surface area contributed by atoms with Crippen LogP contribution in [-0.4, -0.2) is 15.5 Å². The molecule has 152 valence electrons. The van der Waals surface area contributed by atoms with Gasteiger partial charge in [0.05, 0.1) is 0 Å². The van der Waals surface area contributed by atoms with Gasteiger partial charge >= 0.3 is 0 Å². The van der Waals surface area contributed by atoms with Crippen LogP contribution in [0.5, 0.6) is 0 Å². The number of aromatic nitrogens is 2. The summed E-state index contributed by atoms with van der Waals surface area (Å²) in [5, 5.41) is 6.44. The van der Waals surface area contributed by atoms with Gasteiger partial charge in [-0.3, -0.25) is 4.79 Å². The Kier molecular flexibility index (Phi) is 4.66. The molecule has 1 aliphatic carbocycles. The van der Waals surface area contributed by atoms with Gasteiger partial charge in [0, 0.05) is 46.8 Å². The van der Waals surface area contributed by atoms with Gasteiger partial charge in [0.15, 0.2) is 0 Å². The maximum atomic E-state index is 12.9. The molecule has 0 saturated heterocycles. The average molecular weight is 399 g/mol. The summed E-state index contributed by atoms with van der Waals surface area (Å²) in [5.74, 6) is 0.451. The first-order valence-electron chi connectivity index (χ1n) is 10.7. The van der Waals surface area contributed by atoms with Crippen LogP contribution in [0, 0.1) is 0 Å². The molecule has 30 heavy (non-hydrogen) atoms. The third-order valence-electron chi connectivity index (χ3n) is 6.22. The number of anilines is 1. The molecule has 0 unspecified atom stereocenters. The van der Waals surface area contributed by atoms with E-state index in [-0.39, 0.29) is 5.91 Å². The standard InChI is InChI=1S/C25H26N4O/c1-2-29-22-6-4-3-5-20(22)21-10-9-17(12-23(21)29)25(30)28-14-16-7-8-18-15-27-24(26)13-19(18)11-16/h7-13,15H,2-6,14H2,1H3,(H2,26,27)(H,28,30). The molecule has 0 bridgehead atoms. The van der Waals surface area contributed by atoms with Gasteiger partial charge in [-0.25, -0.2) is 4.98 Å². The minimum absolute atomic E-state index is 0.0481. The zero-order chi connectivity index (χ0) is 20.7. The van der Waals surface area contributed by atoms with Crippen molar-refractivity contribution >= 4 is 33.4 Å². The van der Waals surface area contributed by atoms with E-state index < -0.39 is 0 Å². The number of rotatable bonds is 4. The van der Waals surface area contributed by atoms with Crippen molar-refractivity contribution in [3.8, 4) is 0 Å². The molecular formula is C25H26N4O. The number of nitrogens with two attached hydrogens (primary N) is 1. The van der Waals surface area contributed by atoms with Gasteiger partial charge in [0.25, 0.3) is 5.91 Å². The Labute approximate surface area is 175 Å². The lowest BCUT2D eigenvalue weighted by Gasteiger charge is -2.14. The maximum Gasteiger partial charge on any atom is 0.251 e. The fraction of sp³-hybridized carbons (Fsp3) is 0.280. The fourth-order valence-corrected chi connectivity index (χ4v) is 4.74. The second kappa shape index (κ2) is 7.48. The van der Waals surface area contributed by atoms with E-state index in [4.69, 9.17) is 5.73 Å². The van der Waals surface area contributed by atoms with Crippen LogP contribution in [0.3, 0.4) is 0 Å². The number of hydrogen-bond donors (Lipinski definition) is 2. The smallest absolute Gasteiger partial charge is 0.251 e. The number of carbonyl (C=O) groups excluding carboxylic acids is 1. The first-order chi connectivity index (χ1) is 14.6. The molecule has 0 spiro atoms. The van der Waals surface area contributed by atoms with Crippen molar-refractivity contribution in [1.29, 1.82) is 0 Å². The second-order valence-corrected chi connectivity index (χ2v) is 8.08. The number of nitrogen functional groups attached to an aromatic ring is 1. The van der Waals surface area contributed by atoms with Gasteiger partial charge in [-0.15, -0.1) is 0 Å². The lowest BCUT2D eigenvalue weighted by atomic mass is 9.95. The van der Waals surface area contributed by atoms with Gasteiger partial charge in [0.1, 0.15) is 5.82 Å². The topological polar surface area (TPSA) is 72.9 Å². The normalized spacial score (nSPS) is 13.5. The summed E-state index contributed by atoms with van der Waals surface area (Å²) in [6.07, 6.45) is 6.56. The van der Waals surface area contributed by atoms with E-state index in [0.717, 1.165) is 35.7 Å². The molecule has 5 heteroatoms. The van der Waals surface area contributed by atoms with Crippen molar-refractivity contribution in [2.45, 2.75) is 45.7 Å². The molecule has 3 N–H and O–H groups in total. The largest absolute Gasteiger partial charge is 0.384 e.